The Morgan fingerprint density at radius 2 is 1.78 bits per heavy atom. The van der Waals surface area contributed by atoms with Gasteiger partial charge in [-0.25, -0.2) is 4.79 Å². The van der Waals surface area contributed by atoms with E-state index in [1.807, 2.05) is 30.3 Å². The Hall–Kier alpha value is -3.38. The van der Waals surface area contributed by atoms with Gasteiger partial charge >= 0.3 is 6.03 Å². The number of amides is 2. The number of hydrogen-bond donors (Lipinski definition) is 3. The normalized spacial score (nSPS) is 17.8. The van der Waals surface area contributed by atoms with Crippen LogP contribution in [0.2, 0.25) is 0 Å². The van der Waals surface area contributed by atoms with Crippen molar-refractivity contribution in [2.45, 2.75) is 18.6 Å². The van der Waals surface area contributed by atoms with Crippen LogP contribution in [0.5, 0.6) is 11.5 Å². The number of pyridine rings is 1. The number of ether oxygens (including phenoxy) is 1. The Balaban J connectivity index is 1.41. The molecule has 6 heteroatoms. The van der Waals surface area contributed by atoms with Crippen LogP contribution in [0.25, 0.3) is 0 Å². The van der Waals surface area contributed by atoms with Crippen molar-refractivity contribution in [2.75, 3.05) is 5.32 Å². The Morgan fingerprint density at radius 1 is 1.00 bits per heavy atom. The van der Waals surface area contributed by atoms with Gasteiger partial charge in [-0.05, 0) is 35.4 Å². The van der Waals surface area contributed by atoms with Gasteiger partial charge in [0.25, 0.3) is 0 Å². The number of rotatable bonds is 4. The van der Waals surface area contributed by atoms with Crippen LogP contribution in [0.4, 0.5) is 10.5 Å². The van der Waals surface area contributed by atoms with E-state index in [0.29, 0.717) is 23.6 Å². The Morgan fingerprint density at radius 3 is 2.59 bits per heavy atom. The Bertz CT molecular complexity index is 946. The van der Waals surface area contributed by atoms with Gasteiger partial charge in [0.1, 0.15) is 11.5 Å². The maximum absolute atomic E-state index is 12.4. The second-order valence-electron chi connectivity index (χ2n) is 6.34. The zero-order valence-electron chi connectivity index (χ0n) is 14.5. The molecule has 0 radical (unpaired) electrons. The van der Waals surface area contributed by atoms with Crippen molar-refractivity contribution in [3.05, 3.63) is 84.2 Å². The molecular formula is C21H19N3O3. The number of anilines is 1. The van der Waals surface area contributed by atoms with Crippen molar-refractivity contribution in [2.24, 2.45) is 0 Å². The van der Waals surface area contributed by atoms with E-state index in [9.17, 15) is 9.90 Å². The lowest BCUT2D eigenvalue weighted by molar-refractivity contribution is 0.169. The number of aliphatic hydroxyl groups excluding tert-OH is 1. The minimum atomic E-state index is -0.552. The molecule has 6 nitrogen and oxygen atoms in total. The summed E-state index contributed by atoms with van der Waals surface area (Å²) in [7, 11) is 0. The maximum Gasteiger partial charge on any atom is 0.319 e. The highest BCUT2D eigenvalue weighted by Crippen LogP contribution is 2.38. The van der Waals surface area contributed by atoms with Crippen LogP contribution < -0.4 is 15.4 Å². The average Bonchev–Trinajstić information content (AvgIpc) is 2.99. The van der Waals surface area contributed by atoms with Crippen LogP contribution in [-0.2, 0) is 0 Å². The molecule has 3 N–H and O–H groups in total. The monoisotopic (exact) mass is 361 g/mol. The van der Waals surface area contributed by atoms with E-state index in [4.69, 9.17) is 4.74 Å². The average molecular weight is 361 g/mol. The molecule has 1 aliphatic carbocycles. The van der Waals surface area contributed by atoms with Crippen LogP contribution in [0, 0.1) is 0 Å². The van der Waals surface area contributed by atoms with Crippen LogP contribution in [-0.4, -0.2) is 16.1 Å². The van der Waals surface area contributed by atoms with Gasteiger partial charge in [0, 0.05) is 30.6 Å². The van der Waals surface area contributed by atoms with Gasteiger partial charge in [-0.15, -0.1) is 0 Å². The van der Waals surface area contributed by atoms with E-state index < -0.39 is 6.10 Å². The molecule has 2 unspecified atom stereocenters. The highest BCUT2D eigenvalue weighted by molar-refractivity contribution is 5.89. The number of fused-ring (bicyclic) bond motifs is 1. The number of carbonyl (C=O) groups is 1. The second-order valence-corrected chi connectivity index (χ2v) is 6.34. The van der Waals surface area contributed by atoms with Crippen LogP contribution >= 0.6 is 0 Å². The molecule has 27 heavy (non-hydrogen) atoms. The Kier molecular flexibility index (Phi) is 4.72. The third kappa shape index (κ3) is 3.91. The molecule has 0 saturated heterocycles. The van der Waals surface area contributed by atoms with Crippen LogP contribution in [0.3, 0.4) is 0 Å². The summed E-state index contributed by atoms with van der Waals surface area (Å²) in [6.45, 7) is 0. The summed E-state index contributed by atoms with van der Waals surface area (Å²) < 4.78 is 5.75. The van der Waals surface area contributed by atoms with E-state index in [0.717, 1.165) is 11.1 Å². The minimum absolute atomic E-state index is 0.215. The highest BCUT2D eigenvalue weighted by Gasteiger charge is 2.30. The molecule has 2 amide bonds. The molecule has 136 valence electrons. The number of hydrogen-bond acceptors (Lipinski definition) is 4. The zero-order valence-corrected chi connectivity index (χ0v) is 14.5. The Labute approximate surface area is 156 Å². The first-order valence-corrected chi connectivity index (χ1v) is 8.71. The van der Waals surface area contributed by atoms with Crippen molar-refractivity contribution in [3.63, 3.8) is 0 Å². The summed E-state index contributed by atoms with van der Waals surface area (Å²) >= 11 is 0. The third-order valence-electron chi connectivity index (χ3n) is 4.47. The molecule has 1 heterocycles. The number of nitrogens with zero attached hydrogens (tertiary/aromatic N) is 1. The van der Waals surface area contributed by atoms with Crippen molar-refractivity contribution < 1.29 is 14.6 Å². The lowest BCUT2D eigenvalue weighted by Crippen LogP contribution is -2.31. The smallest absolute Gasteiger partial charge is 0.319 e. The molecule has 0 saturated carbocycles. The fraction of sp³-hybridized carbons (Fsp3) is 0.143. The van der Waals surface area contributed by atoms with Crippen molar-refractivity contribution >= 4 is 11.7 Å². The largest absolute Gasteiger partial charge is 0.457 e. The first kappa shape index (κ1) is 17.1. The molecule has 0 bridgehead atoms. The van der Waals surface area contributed by atoms with Gasteiger partial charge in [0.05, 0.1) is 12.1 Å². The molecule has 3 aromatic rings. The van der Waals surface area contributed by atoms with E-state index >= 15 is 0 Å². The molecule has 1 aromatic heterocycles. The highest BCUT2D eigenvalue weighted by atomic mass is 16.5. The van der Waals surface area contributed by atoms with E-state index in [1.165, 1.54) is 0 Å². The number of nitrogens with one attached hydrogen (secondary N) is 2. The summed E-state index contributed by atoms with van der Waals surface area (Å²) in [4.78, 5) is 16.4. The van der Waals surface area contributed by atoms with Gasteiger partial charge in [0.2, 0.25) is 0 Å². The predicted molar refractivity (Wildman–Crippen MR) is 102 cm³/mol. The number of aliphatic hydroxyl groups is 1. The predicted octanol–water partition coefficient (Wildman–Crippen LogP) is 4.17. The first-order chi connectivity index (χ1) is 13.2. The second kappa shape index (κ2) is 7.47. The first-order valence-electron chi connectivity index (χ1n) is 8.71. The van der Waals surface area contributed by atoms with Crippen molar-refractivity contribution in [3.8, 4) is 11.5 Å². The van der Waals surface area contributed by atoms with Crippen LogP contribution in [0.15, 0.2) is 73.1 Å². The van der Waals surface area contributed by atoms with E-state index in [1.54, 1.807) is 42.7 Å². The van der Waals surface area contributed by atoms with Crippen molar-refractivity contribution in [1.82, 2.24) is 10.3 Å². The summed E-state index contributed by atoms with van der Waals surface area (Å²) in [5, 5.41) is 15.9. The summed E-state index contributed by atoms with van der Waals surface area (Å²) in [5.41, 5.74) is 2.44. The molecule has 4 rings (SSSR count). The van der Waals surface area contributed by atoms with Gasteiger partial charge in [0.15, 0.2) is 0 Å². The number of carbonyl (C=O) groups excluding carboxylic acids is 1. The number of aromatic nitrogens is 1. The summed E-state index contributed by atoms with van der Waals surface area (Å²) in [5.74, 6) is 1.28. The van der Waals surface area contributed by atoms with Gasteiger partial charge in [-0.1, -0.05) is 30.3 Å². The van der Waals surface area contributed by atoms with E-state index in [-0.39, 0.29) is 12.1 Å². The SMILES string of the molecule is O=C(Nc1cccc(Oc2ccncc2)c1)NC1CC(O)c2ccccc21. The standard InChI is InChI=1S/C21H19N3O3/c25-20-13-19(17-6-1-2-7-18(17)20)24-21(26)23-14-4-3-5-16(12-14)27-15-8-10-22-11-9-15/h1-12,19-20,25H,13H2,(H2,23,24,26). The summed E-state index contributed by atoms with van der Waals surface area (Å²) in [6.07, 6.45) is 3.22. The fourth-order valence-electron chi connectivity index (χ4n) is 3.25. The molecule has 0 spiro atoms. The number of urea groups is 1. The molecule has 2 atom stereocenters. The molecule has 1 aliphatic rings. The molecule has 0 aliphatic heterocycles. The maximum atomic E-state index is 12.4. The summed E-state index contributed by atoms with van der Waals surface area (Å²) in [6, 6.07) is 17.7. The fourth-order valence-corrected chi connectivity index (χ4v) is 3.25. The number of benzene rings is 2. The van der Waals surface area contributed by atoms with E-state index in [2.05, 4.69) is 15.6 Å². The third-order valence-corrected chi connectivity index (χ3v) is 4.47. The van der Waals surface area contributed by atoms with Gasteiger partial charge < -0.3 is 20.5 Å². The quantitative estimate of drug-likeness (QED) is 0.651. The van der Waals surface area contributed by atoms with Gasteiger partial charge in [-0.2, -0.15) is 0 Å². The molecule has 0 fully saturated rings. The topological polar surface area (TPSA) is 83.5 Å². The molecule has 2 aromatic carbocycles. The van der Waals surface area contributed by atoms with Crippen molar-refractivity contribution in [1.29, 1.82) is 0 Å². The lowest BCUT2D eigenvalue weighted by atomic mass is 10.1. The lowest BCUT2D eigenvalue weighted by Gasteiger charge is -2.15. The van der Waals surface area contributed by atoms with Crippen LogP contribution in [0.1, 0.15) is 29.7 Å². The van der Waals surface area contributed by atoms with Gasteiger partial charge in [-0.3, -0.25) is 4.98 Å². The minimum Gasteiger partial charge on any atom is -0.457 e. The zero-order chi connectivity index (χ0) is 18.6. The molecular weight excluding hydrogens is 342 g/mol.